The standard InChI is InChI=1S/C12H15NO3S/c1-3-7-12(10(2)16-13(14)15)17-11-8-5-4-6-9-11/h4-10H,3H2,1-2H3/b12-7+. The van der Waals surface area contributed by atoms with Gasteiger partial charge >= 0.3 is 0 Å². The van der Waals surface area contributed by atoms with E-state index in [1.807, 2.05) is 43.3 Å². The van der Waals surface area contributed by atoms with E-state index in [0.717, 1.165) is 16.2 Å². The molecular formula is C12H15NO3S. The molecule has 0 fully saturated rings. The first kappa shape index (κ1) is 13.6. The second kappa shape index (κ2) is 6.96. The van der Waals surface area contributed by atoms with Crippen LogP contribution in [0.15, 0.2) is 46.2 Å². The highest BCUT2D eigenvalue weighted by Crippen LogP contribution is 2.30. The van der Waals surface area contributed by atoms with Gasteiger partial charge in [-0.2, -0.15) is 0 Å². The van der Waals surface area contributed by atoms with Gasteiger partial charge in [0, 0.05) is 9.80 Å². The Kier molecular flexibility index (Phi) is 5.56. The molecule has 92 valence electrons. The summed E-state index contributed by atoms with van der Waals surface area (Å²) in [6, 6.07) is 9.74. The molecule has 1 atom stereocenters. The summed E-state index contributed by atoms with van der Waals surface area (Å²) in [4.78, 5) is 16.8. The number of allylic oxidation sites excluding steroid dienone is 1. The third-order valence-electron chi connectivity index (χ3n) is 2.03. The fourth-order valence-electron chi connectivity index (χ4n) is 1.30. The Bertz CT molecular complexity index is 392. The minimum absolute atomic E-state index is 0.532. The van der Waals surface area contributed by atoms with Gasteiger partial charge in [-0.3, -0.25) is 0 Å². The first-order chi connectivity index (χ1) is 8.13. The molecule has 0 aliphatic heterocycles. The van der Waals surface area contributed by atoms with Gasteiger partial charge < -0.3 is 4.84 Å². The summed E-state index contributed by atoms with van der Waals surface area (Å²) in [6.07, 6.45) is 2.24. The molecule has 0 saturated carbocycles. The van der Waals surface area contributed by atoms with Crippen molar-refractivity contribution < 1.29 is 9.92 Å². The van der Waals surface area contributed by atoms with Gasteiger partial charge in [0.1, 0.15) is 6.10 Å². The van der Waals surface area contributed by atoms with Gasteiger partial charge in [-0.15, -0.1) is 10.1 Å². The number of thioether (sulfide) groups is 1. The van der Waals surface area contributed by atoms with Gasteiger partial charge in [0.2, 0.25) is 0 Å². The maximum absolute atomic E-state index is 10.3. The van der Waals surface area contributed by atoms with E-state index < -0.39 is 11.2 Å². The summed E-state index contributed by atoms with van der Waals surface area (Å²) in [5, 5.41) is 9.57. The van der Waals surface area contributed by atoms with Crippen LogP contribution in [0.2, 0.25) is 0 Å². The third-order valence-corrected chi connectivity index (χ3v) is 3.27. The van der Waals surface area contributed by atoms with Gasteiger partial charge in [0.15, 0.2) is 0 Å². The Morgan fingerprint density at radius 3 is 2.71 bits per heavy atom. The van der Waals surface area contributed by atoms with Crippen molar-refractivity contribution in [3.63, 3.8) is 0 Å². The second-order valence-corrected chi connectivity index (χ2v) is 4.55. The number of hydrogen-bond donors (Lipinski definition) is 0. The van der Waals surface area contributed by atoms with Crippen molar-refractivity contribution in [3.8, 4) is 0 Å². The van der Waals surface area contributed by atoms with E-state index in [1.54, 1.807) is 6.92 Å². The highest BCUT2D eigenvalue weighted by atomic mass is 32.2. The van der Waals surface area contributed by atoms with E-state index in [-0.39, 0.29) is 0 Å². The maximum Gasteiger partial charge on any atom is 0.295 e. The molecular weight excluding hydrogens is 238 g/mol. The predicted molar refractivity (Wildman–Crippen MR) is 68.2 cm³/mol. The molecule has 0 heterocycles. The molecule has 17 heavy (non-hydrogen) atoms. The first-order valence-electron chi connectivity index (χ1n) is 5.37. The van der Waals surface area contributed by atoms with Crippen LogP contribution in [0.1, 0.15) is 20.3 Å². The summed E-state index contributed by atoms with van der Waals surface area (Å²) in [7, 11) is 0. The summed E-state index contributed by atoms with van der Waals surface area (Å²) in [6.45, 7) is 3.67. The lowest BCUT2D eigenvalue weighted by molar-refractivity contribution is -0.764. The molecule has 0 N–H and O–H groups in total. The third kappa shape index (κ3) is 4.91. The Morgan fingerprint density at radius 2 is 2.18 bits per heavy atom. The Morgan fingerprint density at radius 1 is 1.53 bits per heavy atom. The Balaban J connectivity index is 2.73. The highest BCUT2D eigenvalue weighted by molar-refractivity contribution is 8.03. The van der Waals surface area contributed by atoms with Crippen molar-refractivity contribution in [2.45, 2.75) is 31.3 Å². The Hall–Kier alpha value is -1.49. The van der Waals surface area contributed by atoms with Crippen LogP contribution in [0.25, 0.3) is 0 Å². The van der Waals surface area contributed by atoms with Gasteiger partial charge in [0.05, 0.1) is 0 Å². The second-order valence-electron chi connectivity index (χ2n) is 3.40. The zero-order valence-corrected chi connectivity index (χ0v) is 10.6. The molecule has 0 radical (unpaired) electrons. The van der Waals surface area contributed by atoms with Crippen LogP contribution in [0.3, 0.4) is 0 Å². The molecule has 0 bridgehead atoms. The molecule has 1 rings (SSSR count). The lowest BCUT2D eigenvalue weighted by Gasteiger charge is -2.13. The number of hydrogen-bond acceptors (Lipinski definition) is 4. The normalized spacial score (nSPS) is 13.2. The van der Waals surface area contributed by atoms with Gasteiger partial charge in [-0.25, -0.2) is 0 Å². The van der Waals surface area contributed by atoms with Crippen molar-refractivity contribution in [2.75, 3.05) is 0 Å². The Labute approximate surface area is 105 Å². The molecule has 0 aliphatic carbocycles. The molecule has 1 unspecified atom stereocenters. The summed E-state index contributed by atoms with van der Waals surface area (Å²) in [5.74, 6) is 0. The molecule has 0 aromatic heterocycles. The lowest BCUT2D eigenvalue weighted by Crippen LogP contribution is -2.14. The zero-order valence-electron chi connectivity index (χ0n) is 9.83. The average molecular weight is 253 g/mol. The van der Waals surface area contributed by atoms with Crippen molar-refractivity contribution in [3.05, 3.63) is 51.4 Å². The van der Waals surface area contributed by atoms with Gasteiger partial charge in [-0.05, 0) is 25.5 Å². The molecule has 0 spiro atoms. The van der Waals surface area contributed by atoms with Crippen LogP contribution >= 0.6 is 11.8 Å². The van der Waals surface area contributed by atoms with E-state index in [9.17, 15) is 10.1 Å². The van der Waals surface area contributed by atoms with Crippen LogP contribution in [-0.4, -0.2) is 11.2 Å². The topological polar surface area (TPSA) is 52.4 Å². The quantitative estimate of drug-likeness (QED) is 0.441. The number of nitrogens with zero attached hydrogens (tertiary/aromatic N) is 1. The van der Waals surface area contributed by atoms with E-state index in [1.165, 1.54) is 11.8 Å². The van der Waals surface area contributed by atoms with E-state index >= 15 is 0 Å². The largest absolute Gasteiger partial charge is 0.306 e. The minimum atomic E-state index is -0.750. The van der Waals surface area contributed by atoms with Crippen molar-refractivity contribution in [1.82, 2.24) is 0 Å². The zero-order chi connectivity index (χ0) is 12.7. The number of rotatable bonds is 6. The van der Waals surface area contributed by atoms with E-state index in [0.29, 0.717) is 0 Å². The fourth-order valence-corrected chi connectivity index (χ4v) is 2.32. The summed E-state index contributed by atoms with van der Waals surface area (Å²) < 4.78 is 0. The summed E-state index contributed by atoms with van der Waals surface area (Å²) >= 11 is 1.50. The van der Waals surface area contributed by atoms with E-state index in [4.69, 9.17) is 0 Å². The summed E-state index contributed by atoms with van der Waals surface area (Å²) in [5.41, 5.74) is 0. The van der Waals surface area contributed by atoms with Gasteiger partial charge in [-0.1, -0.05) is 43.0 Å². The molecule has 5 heteroatoms. The highest BCUT2D eigenvalue weighted by Gasteiger charge is 2.13. The maximum atomic E-state index is 10.3. The smallest absolute Gasteiger partial charge is 0.295 e. The lowest BCUT2D eigenvalue weighted by atomic mass is 10.3. The van der Waals surface area contributed by atoms with Crippen molar-refractivity contribution >= 4 is 11.8 Å². The molecule has 0 amide bonds. The minimum Gasteiger partial charge on any atom is -0.306 e. The molecule has 4 nitrogen and oxygen atoms in total. The SMILES string of the molecule is CC/C=C(/Sc1ccccc1)C(C)O[N+](=O)[O-]. The molecule has 1 aromatic carbocycles. The molecule has 0 saturated heterocycles. The van der Waals surface area contributed by atoms with Crippen molar-refractivity contribution in [2.24, 2.45) is 0 Å². The van der Waals surface area contributed by atoms with Gasteiger partial charge in [0.25, 0.3) is 5.09 Å². The first-order valence-corrected chi connectivity index (χ1v) is 6.19. The number of benzene rings is 1. The van der Waals surface area contributed by atoms with Crippen LogP contribution in [0, 0.1) is 10.1 Å². The fraction of sp³-hybridized carbons (Fsp3) is 0.333. The average Bonchev–Trinajstić information content (AvgIpc) is 2.29. The van der Waals surface area contributed by atoms with Crippen LogP contribution in [0.4, 0.5) is 0 Å². The molecule has 0 aliphatic rings. The van der Waals surface area contributed by atoms with Crippen LogP contribution in [-0.2, 0) is 4.84 Å². The predicted octanol–water partition coefficient (Wildman–Crippen LogP) is 3.67. The monoisotopic (exact) mass is 253 g/mol. The molecule has 1 aromatic rings. The van der Waals surface area contributed by atoms with Crippen LogP contribution in [0.5, 0.6) is 0 Å². The van der Waals surface area contributed by atoms with Crippen molar-refractivity contribution in [1.29, 1.82) is 0 Å². The van der Waals surface area contributed by atoms with Crippen LogP contribution < -0.4 is 0 Å². The van der Waals surface area contributed by atoms with E-state index in [2.05, 4.69) is 4.84 Å².